The highest BCUT2D eigenvalue weighted by Gasteiger charge is 2.27. The molecule has 110 valence electrons. The SMILES string of the molecule is CC(C)C(NC(=O)c1sc(NC2CC2)nc1N)C(N)=O. The molecule has 8 heteroatoms. The number of aromatic nitrogens is 1. The molecule has 1 aliphatic carbocycles. The van der Waals surface area contributed by atoms with Gasteiger partial charge < -0.3 is 22.1 Å². The number of nitrogen functional groups attached to an aromatic ring is 1. The van der Waals surface area contributed by atoms with Crippen molar-refractivity contribution in [3.63, 3.8) is 0 Å². The number of nitrogens with two attached hydrogens (primary N) is 2. The number of hydrogen-bond donors (Lipinski definition) is 4. The van der Waals surface area contributed by atoms with E-state index in [9.17, 15) is 9.59 Å². The van der Waals surface area contributed by atoms with Crippen molar-refractivity contribution in [1.82, 2.24) is 10.3 Å². The van der Waals surface area contributed by atoms with Crippen molar-refractivity contribution in [2.75, 3.05) is 11.1 Å². The number of carbonyl (C=O) groups excluding carboxylic acids is 2. The van der Waals surface area contributed by atoms with Crippen LogP contribution in [0.1, 0.15) is 36.4 Å². The van der Waals surface area contributed by atoms with Gasteiger partial charge in [-0.1, -0.05) is 25.2 Å². The van der Waals surface area contributed by atoms with Crippen LogP contribution in [0, 0.1) is 5.92 Å². The van der Waals surface area contributed by atoms with Gasteiger partial charge in [0, 0.05) is 6.04 Å². The molecule has 6 N–H and O–H groups in total. The van der Waals surface area contributed by atoms with Crippen LogP contribution in [0.2, 0.25) is 0 Å². The van der Waals surface area contributed by atoms with Crippen molar-refractivity contribution in [3.8, 4) is 0 Å². The number of anilines is 2. The third-order valence-corrected chi connectivity index (χ3v) is 4.03. The maximum Gasteiger partial charge on any atom is 0.265 e. The first-order chi connectivity index (χ1) is 9.38. The minimum Gasteiger partial charge on any atom is -0.382 e. The summed E-state index contributed by atoms with van der Waals surface area (Å²) in [5, 5.41) is 6.43. The first kappa shape index (κ1) is 14.6. The zero-order chi connectivity index (χ0) is 14.9. The Balaban J connectivity index is 2.07. The summed E-state index contributed by atoms with van der Waals surface area (Å²) < 4.78 is 0. The van der Waals surface area contributed by atoms with Crippen molar-refractivity contribution in [2.45, 2.75) is 38.8 Å². The van der Waals surface area contributed by atoms with E-state index in [1.165, 1.54) is 11.3 Å². The summed E-state index contributed by atoms with van der Waals surface area (Å²) in [5.74, 6) is -0.897. The Morgan fingerprint density at radius 2 is 2.05 bits per heavy atom. The predicted molar refractivity (Wildman–Crippen MR) is 78.5 cm³/mol. The van der Waals surface area contributed by atoms with E-state index in [0.29, 0.717) is 16.1 Å². The highest BCUT2D eigenvalue weighted by atomic mass is 32.1. The molecule has 1 aromatic rings. The Morgan fingerprint density at radius 3 is 2.55 bits per heavy atom. The van der Waals surface area contributed by atoms with Gasteiger partial charge in [-0.05, 0) is 18.8 Å². The molecule has 2 amide bonds. The number of carbonyl (C=O) groups is 2. The summed E-state index contributed by atoms with van der Waals surface area (Å²) in [5.41, 5.74) is 11.0. The van der Waals surface area contributed by atoms with Gasteiger partial charge in [-0.15, -0.1) is 0 Å². The topological polar surface area (TPSA) is 123 Å². The number of amides is 2. The first-order valence-corrected chi connectivity index (χ1v) is 7.33. The molecular formula is C12H19N5O2S. The molecule has 1 aromatic heterocycles. The van der Waals surface area contributed by atoms with Crippen molar-refractivity contribution in [1.29, 1.82) is 0 Å². The van der Waals surface area contributed by atoms with Gasteiger partial charge in [-0.25, -0.2) is 4.98 Å². The van der Waals surface area contributed by atoms with Gasteiger partial charge in [0.2, 0.25) is 5.91 Å². The van der Waals surface area contributed by atoms with E-state index in [1.807, 2.05) is 13.8 Å². The van der Waals surface area contributed by atoms with Crippen LogP contribution in [0.4, 0.5) is 10.9 Å². The summed E-state index contributed by atoms with van der Waals surface area (Å²) in [7, 11) is 0. The molecular weight excluding hydrogens is 278 g/mol. The van der Waals surface area contributed by atoms with E-state index in [2.05, 4.69) is 15.6 Å². The van der Waals surface area contributed by atoms with Gasteiger partial charge in [0.25, 0.3) is 5.91 Å². The lowest BCUT2D eigenvalue weighted by Crippen LogP contribution is -2.47. The summed E-state index contributed by atoms with van der Waals surface area (Å²) in [6, 6.07) is -0.283. The van der Waals surface area contributed by atoms with E-state index < -0.39 is 17.9 Å². The highest BCUT2D eigenvalue weighted by molar-refractivity contribution is 7.18. The average molecular weight is 297 g/mol. The molecule has 1 unspecified atom stereocenters. The number of hydrogen-bond acceptors (Lipinski definition) is 6. The second-order valence-corrected chi connectivity index (χ2v) is 6.25. The van der Waals surface area contributed by atoms with E-state index in [0.717, 1.165) is 12.8 Å². The highest BCUT2D eigenvalue weighted by Crippen LogP contribution is 2.30. The second-order valence-electron chi connectivity index (χ2n) is 5.25. The third-order valence-electron chi connectivity index (χ3n) is 3.02. The van der Waals surface area contributed by atoms with Crippen LogP contribution in [0.25, 0.3) is 0 Å². The monoisotopic (exact) mass is 297 g/mol. The Hall–Kier alpha value is -1.83. The first-order valence-electron chi connectivity index (χ1n) is 6.51. The molecule has 0 aromatic carbocycles. The van der Waals surface area contributed by atoms with Gasteiger partial charge in [0.15, 0.2) is 5.13 Å². The lowest BCUT2D eigenvalue weighted by Gasteiger charge is -2.18. The maximum absolute atomic E-state index is 12.1. The van der Waals surface area contributed by atoms with Crippen molar-refractivity contribution < 1.29 is 9.59 Å². The molecule has 1 atom stereocenters. The number of nitrogens with zero attached hydrogens (tertiary/aromatic N) is 1. The quantitative estimate of drug-likeness (QED) is 0.610. The molecule has 0 radical (unpaired) electrons. The molecule has 0 saturated heterocycles. The Bertz CT molecular complexity index is 524. The second kappa shape index (κ2) is 5.66. The van der Waals surface area contributed by atoms with E-state index in [1.54, 1.807) is 0 Å². The van der Waals surface area contributed by atoms with Crippen LogP contribution in [0.3, 0.4) is 0 Å². The van der Waals surface area contributed by atoms with Crippen LogP contribution in [0.15, 0.2) is 0 Å². The molecule has 1 fully saturated rings. The molecule has 1 aliphatic rings. The average Bonchev–Trinajstić information content (AvgIpc) is 3.07. The van der Waals surface area contributed by atoms with Crippen LogP contribution < -0.4 is 22.1 Å². The number of rotatable bonds is 6. The van der Waals surface area contributed by atoms with Crippen molar-refractivity contribution in [2.24, 2.45) is 11.7 Å². The molecule has 0 bridgehead atoms. The predicted octanol–water partition coefficient (Wildman–Crippen LogP) is 0.539. The third kappa shape index (κ3) is 3.38. The van der Waals surface area contributed by atoms with Gasteiger partial charge in [-0.3, -0.25) is 9.59 Å². The molecule has 0 aliphatic heterocycles. The van der Waals surface area contributed by atoms with Gasteiger partial charge in [0.1, 0.15) is 16.7 Å². The van der Waals surface area contributed by atoms with Gasteiger partial charge >= 0.3 is 0 Å². The molecule has 1 heterocycles. The fourth-order valence-corrected chi connectivity index (χ4v) is 2.60. The molecule has 0 spiro atoms. The fraction of sp³-hybridized carbons (Fsp3) is 0.583. The number of primary amides is 1. The standard InChI is InChI=1S/C12H19N5O2S/c1-5(2)7(10(14)18)16-11(19)8-9(13)17-12(20-8)15-6-3-4-6/h5-7H,3-4,13H2,1-2H3,(H2,14,18)(H,15,17)(H,16,19). The fourth-order valence-electron chi connectivity index (χ4n) is 1.73. The number of thiazole rings is 1. The van der Waals surface area contributed by atoms with Crippen LogP contribution >= 0.6 is 11.3 Å². The van der Waals surface area contributed by atoms with Crippen LogP contribution in [0.5, 0.6) is 0 Å². The van der Waals surface area contributed by atoms with E-state index in [4.69, 9.17) is 11.5 Å². The maximum atomic E-state index is 12.1. The Kier molecular flexibility index (Phi) is 4.12. The van der Waals surface area contributed by atoms with E-state index >= 15 is 0 Å². The number of nitrogens with one attached hydrogen (secondary N) is 2. The summed E-state index contributed by atoms with van der Waals surface area (Å²) >= 11 is 1.19. The minimum absolute atomic E-state index is 0.0883. The minimum atomic E-state index is -0.719. The largest absolute Gasteiger partial charge is 0.382 e. The van der Waals surface area contributed by atoms with Crippen LogP contribution in [-0.4, -0.2) is 28.9 Å². The van der Waals surface area contributed by atoms with Crippen LogP contribution in [-0.2, 0) is 4.79 Å². The Morgan fingerprint density at radius 1 is 1.40 bits per heavy atom. The zero-order valence-electron chi connectivity index (χ0n) is 11.5. The van der Waals surface area contributed by atoms with E-state index in [-0.39, 0.29) is 11.7 Å². The summed E-state index contributed by atoms with van der Waals surface area (Å²) in [6.45, 7) is 3.62. The molecule has 2 rings (SSSR count). The molecule has 7 nitrogen and oxygen atoms in total. The smallest absolute Gasteiger partial charge is 0.265 e. The lowest BCUT2D eigenvalue weighted by molar-refractivity contribution is -0.120. The molecule has 1 saturated carbocycles. The van der Waals surface area contributed by atoms with Gasteiger partial charge in [0.05, 0.1) is 0 Å². The lowest BCUT2D eigenvalue weighted by atomic mass is 10.0. The zero-order valence-corrected chi connectivity index (χ0v) is 12.3. The summed E-state index contributed by atoms with van der Waals surface area (Å²) in [6.07, 6.45) is 2.22. The van der Waals surface area contributed by atoms with Crippen molar-refractivity contribution >= 4 is 34.1 Å². The normalized spacial score (nSPS) is 15.9. The molecule has 20 heavy (non-hydrogen) atoms. The van der Waals surface area contributed by atoms with Gasteiger partial charge in [-0.2, -0.15) is 0 Å². The summed E-state index contributed by atoms with van der Waals surface area (Å²) in [4.78, 5) is 27.9. The van der Waals surface area contributed by atoms with Crippen molar-refractivity contribution in [3.05, 3.63) is 4.88 Å². The Labute approximate surface area is 121 Å².